The first kappa shape index (κ1) is 12.9. The van der Waals surface area contributed by atoms with Gasteiger partial charge in [0.25, 0.3) is 0 Å². The highest BCUT2D eigenvalue weighted by Gasteiger charge is 2.10. The van der Waals surface area contributed by atoms with Crippen LogP contribution in [0, 0.1) is 0 Å². The molecule has 17 heavy (non-hydrogen) atoms. The van der Waals surface area contributed by atoms with Gasteiger partial charge in [-0.15, -0.1) is 11.3 Å². The summed E-state index contributed by atoms with van der Waals surface area (Å²) in [5.41, 5.74) is 0. The van der Waals surface area contributed by atoms with Gasteiger partial charge in [0.15, 0.2) is 0 Å². The van der Waals surface area contributed by atoms with E-state index in [1.54, 1.807) is 23.7 Å². The van der Waals surface area contributed by atoms with Crippen molar-refractivity contribution in [1.82, 2.24) is 4.98 Å². The number of carbonyl (C=O) groups is 1. The molecule has 0 atom stereocenters. The van der Waals surface area contributed by atoms with Gasteiger partial charge in [0.1, 0.15) is 9.90 Å². The zero-order chi connectivity index (χ0) is 12.4. The van der Waals surface area contributed by atoms with Crippen molar-refractivity contribution in [2.75, 3.05) is 0 Å². The predicted octanol–water partition coefficient (Wildman–Crippen LogP) is 4.41. The van der Waals surface area contributed by atoms with Crippen molar-refractivity contribution in [1.29, 1.82) is 0 Å². The average Bonchev–Trinajstić information content (AvgIpc) is 2.71. The van der Waals surface area contributed by atoms with Gasteiger partial charge in [0.2, 0.25) is 0 Å². The van der Waals surface area contributed by atoms with Gasteiger partial charge in [-0.1, -0.05) is 23.4 Å². The van der Waals surface area contributed by atoms with Crippen molar-refractivity contribution in [2.24, 2.45) is 0 Å². The monoisotopic (exact) mass is 349 g/mol. The van der Waals surface area contributed by atoms with E-state index in [1.165, 1.54) is 23.1 Å². The number of halogens is 2. The Morgan fingerprint density at radius 1 is 1.53 bits per heavy atom. The van der Waals surface area contributed by atoms with E-state index in [0.717, 1.165) is 14.4 Å². The van der Waals surface area contributed by atoms with Crippen LogP contribution in [0.15, 0.2) is 38.1 Å². The fraction of sp³-hybridized carbons (Fsp3) is 0. The molecule has 0 unspecified atom stereocenters. The number of rotatable bonds is 3. The van der Waals surface area contributed by atoms with Gasteiger partial charge in [0.05, 0.1) is 9.50 Å². The molecule has 0 aromatic carbocycles. The van der Waals surface area contributed by atoms with Crippen LogP contribution in [0.25, 0.3) is 0 Å². The molecule has 0 aliphatic heterocycles. The molecule has 0 bridgehead atoms. The molecule has 7 heteroatoms. The second kappa shape index (κ2) is 5.39. The van der Waals surface area contributed by atoms with Crippen molar-refractivity contribution < 1.29 is 9.90 Å². The van der Waals surface area contributed by atoms with E-state index in [2.05, 4.69) is 20.9 Å². The summed E-state index contributed by atoms with van der Waals surface area (Å²) in [5, 5.41) is 11.9. The number of nitrogens with zero attached hydrogens (tertiary/aromatic N) is 1. The Labute approximate surface area is 119 Å². The molecule has 88 valence electrons. The lowest BCUT2D eigenvalue weighted by atomic mass is 10.5. The van der Waals surface area contributed by atoms with Gasteiger partial charge < -0.3 is 5.11 Å². The molecule has 0 amide bonds. The van der Waals surface area contributed by atoms with E-state index in [-0.39, 0.29) is 0 Å². The summed E-state index contributed by atoms with van der Waals surface area (Å²) in [7, 11) is 0. The lowest BCUT2D eigenvalue weighted by molar-refractivity contribution is 0.0702. The van der Waals surface area contributed by atoms with E-state index in [9.17, 15) is 4.79 Å². The van der Waals surface area contributed by atoms with E-state index in [4.69, 9.17) is 16.7 Å². The van der Waals surface area contributed by atoms with Gasteiger partial charge in [0, 0.05) is 16.5 Å². The number of carboxylic acids is 1. The van der Waals surface area contributed by atoms with Gasteiger partial charge in [-0.05, 0) is 28.1 Å². The van der Waals surface area contributed by atoms with Crippen LogP contribution >= 0.6 is 50.6 Å². The predicted molar refractivity (Wildman–Crippen MR) is 72.3 cm³/mol. The van der Waals surface area contributed by atoms with E-state index < -0.39 is 5.97 Å². The Balaban J connectivity index is 2.22. The zero-order valence-corrected chi connectivity index (χ0v) is 12.2. The first-order valence-electron chi connectivity index (χ1n) is 4.37. The molecule has 0 saturated heterocycles. The van der Waals surface area contributed by atoms with Crippen LogP contribution in [0.2, 0.25) is 5.02 Å². The van der Waals surface area contributed by atoms with E-state index in [1.807, 2.05) is 0 Å². The van der Waals surface area contributed by atoms with Gasteiger partial charge >= 0.3 is 5.97 Å². The third-order valence-electron chi connectivity index (χ3n) is 1.77. The van der Waals surface area contributed by atoms with Crippen molar-refractivity contribution in [2.45, 2.75) is 9.92 Å². The Bertz CT molecular complexity index is 573. The fourth-order valence-electron chi connectivity index (χ4n) is 1.07. The summed E-state index contributed by atoms with van der Waals surface area (Å²) in [4.78, 5) is 16.1. The lowest BCUT2D eigenvalue weighted by Crippen LogP contribution is -1.89. The summed E-state index contributed by atoms with van der Waals surface area (Å²) in [6, 6.07) is 3.38. The molecule has 1 N–H and O–H groups in total. The molecule has 2 aromatic rings. The smallest absolute Gasteiger partial charge is 0.345 e. The maximum Gasteiger partial charge on any atom is 0.345 e. The highest BCUT2D eigenvalue weighted by molar-refractivity contribution is 9.10. The largest absolute Gasteiger partial charge is 0.477 e. The molecular formula is C10H5BrClNO2S2. The minimum absolute atomic E-state index is 0.317. The maximum absolute atomic E-state index is 10.7. The van der Waals surface area contributed by atoms with E-state index in [0.29, 0.717) is 9.90 Å². The van der Waals surface area contributed by atoms with Crippen LogP contribution in [-0.4, -0.2) is 16.1 Å². The minimum atomic E-state index is -0.912. The van der Waals surface area contributed by atoms with Crippen molar-refractivity contribution in [3.8, 4) is 0 Å². The third kappa shape index (κ3) is 3.22. The van der Waals surface area contributed by atoms with Crippen molar-refractivity contribution >= 4 is 56.6 Å². The maximum atomic E-state index is 10.7. The van der Waals surface area contributed by atoms with Crippen LogP contribution in [0.5, 0.6) is 0 Å². The minimum Gasteiger partial charge on any atom is -0.477 e. The SMILES string of the molecule is O=C(O)c1cc(Sc2ncc(Cl)cc2Br)cs1. The Kier molecular flexibility index (Phi) is 4.09. The lowest BCUT2D eigenvalue weighted by Gasteiger charge is -2.01. The quantitative estimate of drug-likeness (QED) is 0.891. The van der Waals surface area contributed by atoms with E-state index >= 15 is 0 Å². The first-order valence-corrected chi connectivity index (χ1v) is 7.23. The number of aromatic nitrogens is 1. The summed E-state index contributed by atoms with van der Waals surface area (Å²) in [6.07, 6.45) is 1.55. The second-order valence-corrected chi connectivity index (χ2v) is 6.26. The Hall–Kier alpha value is -0.560. The van der Waals surface area contributed by atoms with Crippen LogP contribution in [0.4, 0.5) is 0 Å². The molecule has 2 heterocycles. The Morgan fingerprint density at radius 2 is 2.29 bits per heavy atom. The zero-order valence-electron chi connectivity index (χ0n) is 8.18. The molecule has 0 spiro atoms. The third-order valence-corrected chi connectivity index (χ3v) is 4.91. The Morgan fingerprint density at radius 3 is 2.88 bits per heavy atom. The van der Waals surface area contributed by atoms with Crippen LogP contribution in [0.1, 0.15) is 9.67 Å². The summed E-state index contributed by atoms with van der Waals surface area (Å²) in [5.74, 6) is -0.912. The highest BCUT2D eigenvalue weighted by atomic mass is 79.9. The second-order valence-electron chi connectivity index (χ2n) is 2.99. The van der Waals surface area contributed by atoms with Crippen molar-refractivity contribution in [3.05, 3.63) is 38.1 Å². The molecule has 0 aliphatic carbocycles. The molecule has 2 aromatic heterocycles. The highest BCUT2D eigenvalue weighted by Crippen LogP contribution is 2.35. The number of aromatic carboxylic acids is 1. The van der Waals surface area contributed by atoms with Crippen LogP contribution < -0.4 is 0 Å². The standard InChI is InChI=1S/C10H5BrClNO2S2/c11-7-1-5(12)3-13-9(7)17-6-2-8(10(14)15)16-4-6/h1-4H,(H,14,15). The molecule has 0 aliphatic rings. The molecule has 3 nitrogen and oxygen atoms in total. The summed E-state index contributed by atoms with van der Waals surface area (Å²) in [6.45, 7) is 0. The number of carboxylic acid groups (broad SMARTS) is 1. The van der Waals surface area contributed by atoms with Crippen molar-refractivity contribution in [3.63, 3.8) is 0 Å². The number of pyridine rings is 1. The van der Waals surface area contributed by atoms with Gasteiger partial charge in [-0.3, -0.25) is 0 Å². The normalized spacial score (nSPS) is 10.5. The fourth-order valence-corrected chi connectivity index (χ4v) is 3.63. The van der Waals surface area contributed by atoms with Gasteiger partial charge in [-0.2, -0.15) is 0 Å². The number of hydrogen-bond acceptors (Lipinski definition) is 4. The molecule has 0 fully saturated rings. The number of thiophene rings is 1. The number of hydrogen-bond donors (Lipinski definition) is 1. The van der Waals surface area contributed by atoms with Crippen LogP contribution in [0.3, 0.4) is 0 Å². The first-order chi connectivity index (χ1) is 8.06. The molecular weight excluding hydrogens is 346 g/mol. The molecule has 0 saturated carbocycles. The topological polar surface area (TPSA) is 50.2 Å². The summed E-state index contributed by atoms with van der Waals surface area (Å²) < 4.78 is 0.790. The van der Waals surface area contributed by atoms with Gasteiger partial charge in [-0.25, -0.2) is 9.78 Å². The summed E-state index contributed by atoms with van der Waals surface area (Å²) >= 11 is 11.7. The van der Waals surface area contributed by atoms with Crippen LogP contribution in [-0.2, 0) is 0 Å². The molecule has 2 rings (SSSR count). The average molecular weight is 351 g/mol. The molecule has 0 radical (unpaired) electrons.